The lowest BCUT2D eigenvalue weighted by Gasteiger charge is -2.20. The van der Waals surface area contributed by atoms with E-state index in [0.717, 1.165) is 54.0 Å². The maximum atomic E-state index is 12.6. The highest BCUT2D eigenvalue weighted by Crippen LogP contribution is 2.26. The molecule has 0 spiro atoms. The predicted molar refractivity (Wildman–Crippen MR) is 91.0 cm³/mol. The average Bonchev–Trinajstić information content (AvgIpc) is 2.86. The van der Waals surface area contributed by atoms with Gasteiger partial charge in [0.25, 0.3) is 5.91 Å². The molecule has 0 unspecified atom stereocenters. The van der Waals surface area contributed by atoms with Crippen LogP contribution in [0.2, 0.25) is 0 Å². The van der Waals surface area contributed by atoms with Crippen molar-refractivity contribution in [1.82, 2.24) is 9.78 Å². The minimum atomic E-state index is -0.0572. The molecule has 1 aromatic carbocycles. The smallest absolute Gasteiger partial charge is 0.256 e. The van der Waals surface area contributed by atoms with E-state index in [0.29, 0.717) is 0 Å². The topological polar surface area (TPSA) is 59.0 Å². The van der Waals surface area contributed by atoms with Crippen LogP contribution in [-0.4, -0.2) is 22.2 Å². The van der Waals surface area contributed by atoms with Crippen LogP contribution in [0.3, 0.4) is 0 Å². The maximum Gasteiger partial charge on any atom is 0.256 e. The summed E-state index contributed by atoms with van der Waals surface area (Å²) in [6.45, 7) is 3.01. The van der Waals surface area contributed by atoms with Crippen LogP contribution in [-0.2, 0) is 19.9 Å². The fourth-order valence-corrected chi connectivity index (χ4v) is 2.81. The summed E-state index contributed by atoms with van der Waals surface area (Å²) in [5.41, 5.74) is 4.66. The first-order valence-corrected chi connectivity index (χ1v) is 7.38. The zero-order valence-corrected chi connectivity index (χ0v) is 13.7. The molecule has 22 heavy (non-hydrogen) atoms. The fourth-order valence-electron chi connectivity index (χ4n) is 2.81. The molecule has 0 aliphatic carbocycles. The van der Waals surface area contributed by atoms with Gasteiger partial charge < -0.3 is 10.6 Å². The third kappa shape index (κ3) is 3.09. The van der Waals surface area contributed by atoms with Gasteiger partial charge in [-0.3, -0.25) is 9.48 Å². The largest absolute Gasteiger partial charge is 0.385 e. The number of anilines is 2. The van der Waals surface area contributed by atoms with Gasteiger partial charge in [0.15, 0.2) is 0 Å². The second-order valence-electron chi connectivity index (χ2n) is 5.33. The zero-order chi connectivity index (χ0) is 14.8. The van der Waals surface area contributed by atoms with Gasteiger partial charge in [0, 0.05) is 31.0 Å². The maximum absolute atomic E-state index is 12.6. The van der Waals surface area contributed by atoms with E-state index in [1.54, 1.807) is 4.68 Å². The Morgan fingerprint density at radius 3 is 3.05 bits per heavy atom. The SMILES string of the molecule is CCc1nn(C)cc1NC(=O)c1cccc2c1CCCN2.Cl. The number of nitrogens with zero attached hydrogens (tertiary/aromatic N) is 2. The molecule has 0 fully saturated rings. The van der Waals surface area contributed by atoms with Crippen molar-refractivity contribution in [3.63, 3.8) is 0 Å². The third-order valence-corrected chi connectivity index (χ3v) is 3.83. The lowest BCUT2D eigenvalue weighted by molar-refractivity contribution is 0.102. The highest BCUT2D eigenvalue weighted by atomic mass is 35.5. The lowest BCUT2D eigenvalue weighted by atomic mass is 9.97. The van der Waals surface area contributed by atoms with Gasteiger partial charge in [0.1, 0.15) is 0 Å². The second-order valence-corrected chi connectivity index (χ2v) is 5.33. The Morgan fingerprint density at radius 2 is 2.27 bits per heavy atom. The molecule has 1 aliphatic heterocycles. The predicted octanol–water partition coefficient (Wildman–Crippen LogP) is 3.01. The minimum Gasteiger partial charge on any atom is -0.385 e. The number of halogens is 1. The van der Waals surface area contributed by atoms with E-state index < -0.39 is 0 Å². The van der Waals surface area contributed by atoms with E-state index in [2.05, 4.69) is 15.7 Å². The number of carbonyl (C=O) groups is 1. The number of aromatic nitrogens is 2. The molecule has 0 saturated carbocycles. The quantitative estimate of drug-likeness (QED) is 0.914. The number of nitrogens with one attached hydrogen (secondary N) is 2. The van der Waals surface area contributed by atoms with Gasteiger partial charge in [-0.2, -0.15) is 5.10 Å². The van der Waals surface area contributed by atoms with E-state index in [9.17, 15) is 4.79 Å². The summed E-state index contributed by atoms with van der Waals surface area (Å²) in [5, 5.41) is 10.7. The molecule has 0 bridgehead atoms. The van der Waals surface area contributed by atoms with E-state index in [1.807, 2.05) is 38.4 Å². The number of benzene rings is 1. The molecule has 3 rings (SSSR count). The van der Waals surface area contributed by atoms with Gasteiger partial charge in [0.2, 0.25) is 0 Å². The summed E-state index contributed by atoms with van der Waals surface area (Å²) in [7, 11) is 1.86. The first-order chi connectivity index (χ1) is 10.2. The van der Waals surface area contributed by atoms with E-state index >= 15 is 0 Å². The highest BCUT2D eigenvalue weighted by molar-refractivity contribution is 6.06. The molecule has 1 aliphatic rings. The summed E-state index contributed by atoms with van der Waals surface area (Å²) < 4.78 is 1.73. The minimum absolute atomic E-state index is 0. The molecule has 2 N–H and O–H groups in total. The number of carbonyl (C=O) groups excluding carboxylic acids is 1. The molecular formula is C16H21ClN4O. The molecule has 1 amide bonds. The summed E-state index contributed by atoms with van der Waals surface area (Å²) in [6, 6.07) is 5.85. The van der Waals surface area contributed by atoms with E-state index in [4.69, 9.17) is 0 Å². The molecule has 118 valence electrons. The van der Waals surface area contributed by atoms with Crippen molar-refractivity contribution >= 4 is 29.7 Å². The molecular weight excluding hydrogens is 300 g/mol. The number of aryl methyl sites for hydroxylation is 2. The first kappa shape index (κ1) is 16.4. The Bertz CT molecular complexity index is 681. The Kier molecular flexibility index (Phi) is 5.08. The Labute approximate surface area is 136 Å². The second kappa shape index (κ2) is 6.83. The van der Waals surface area contributed by atoms with Crippen molar-refractivity contribution in [3.05, 3.63) is 41.2 Å². The van der Waals surface area contributed by atoms with Crippen LogP contribution in [0.15, 0.2) is 24.4 Å². The van der Waals surface area contributed by atoms with E-state index in [1.165, 1.54) is 0 Å². The molecule has 0 atom stereocenters. The van der Waals surface area contributed by atoms with Crippen molar-refractivity contribution in [1.29, 1.82) is 0 Å². The molecule has 2 heterocycles. The normalized spacial score (nSPS) is 12.8. The van der Waals surface area contributed by atoms with Crippen LogP contribution >= 0.6 is 12.4 Å². The number of fused-ring (bicyclic) bond motifs is 1. The number of hydrogen-bond donors (Lipinski definition) is 2. The van der Waals surface area contributed by atoms with Crippen LogP contribution in [0.25, 0.3) is 0 Å². The summed E-state index contributed by atoms with van der Waals surface area (Å²) in [6.07, 6.45) is 4.65. The van der Waals surface area contributed by atoms with Crippen molar-refractivity contribution in [2.45, 2.75) is 26.2 Å². The first-order valence-electron chi connectivity index (χ1n) is 7.38. The molecule has 0 saturated heterocycles. The third-order valence-electron chi connectivity index (χ3n) is 3.83. The van der Waals surface area contributed by atoms with E-state index in [-0.39, 0.29) is 18.3 Å². The monoisotopic (exact) mass is 320 g/mol. The molecule has 6 heteroatoms. The highest BCUT2D eigenvalue weighted by Gasteiger charge is 2.18. The molecule has 5 nitrogen and oxygen atoms in total. The zero-order valence-electron chi connectivity index (χ0n) is 12.8. The fraction of sp³-hybridized carbons (Fsp3) is 0.375. The standard InChI is InChI=1S/C16H20N4O.ClH/c1-3-13-15(10-20(2)19-13)18-16(21)12-6-4-8-14-11(12)7-5-9-17-14;/h4,6,8,10,17H,3,5,7,9H2,1-2H3,(H,18,21);1H. The van der Waals surface area contributed by atoms with Crippen LogP contribution in [0, 0.1) is 0 Å². The molecule has 1 aromatic heterocycles. The van der Waals surface area contributed by atoms with Crippen LogP contribution in [0.1, 0.15) is 35.0 Å². The van der Waals surface area contributed by atoms with Crippen molar-refractivity contribution in [3.8, 4) is 0 Å². The summed E-state index contributed by atoms with van der Waals surface area (Å²) in [4.78, 5) is 12.6. The van der Waals surface area contributed by atoms with Gasteiger partial charge in [0.05, 0.1) is 11.4 Å². The Balaban J connectivity index is 0.00000176. The van der Waals surface area contributed by atoms with Gasteiger partial charge in [-0.15, -0.1) is 12.4 Å². The van der Waals surface area contributed by atoms with Gasteiger partial charge in [-0.05, 0) is 37.0 Å². The number of rotatable bonds is 3. The number of amides is 1. The average molecular weight is 321 g/mol. The Hall–Kier alpha value is -2.01. The van der Waals surface area contributed by atoms with Gasteiger partial charge >= 0.3 is 0 Å². The number of hydrogen-bond acceptors (Lipinski definition) is 3. The van der Waals surface area contributed by atoms with Crippen molar-refractivity contribution in [2.24, 2.45) is 7.05 Å². The summed E-state index contributed by atoms with van der Waals surface area (Å²) in [5.74, 6) is -0.0572. The molecule has 0 radical (unpaired) electrons. The van der Waals surface area contributed by atoms with Gasteiger partial charge in [-0.1, -0.05) is 13.0 Å². The van der Waals surface area contributed by atoms with Crippen LogP contribution in [0.5, 0.6) is 0 Å². The molecule has 2 aromatic rings. The van der Waals surface area contributed by atoms with Crippen molar-refractivity contribution in [2.75, 3.05) is 17.2 Å². The summed E-state index contributed by atoms with van der Waals surface area (Å²) >= 11 is 0. The van der Waals surface area contributed by atoms with Crippen LogP contribution in [0.4, 0.5) is 11.4 Å². The van der Waals surface area contributed by atoms with Crippen LogP contribution < -0.4 is 10.6 Å². The Morgan fingerprint density at radius 1 is 1.45 bits per heavy atom. The van der Waals surface area contributed by atoms with Crippen molar-refractivity contribution < 1.29 is 4.79 Å². The lowest BCUT2D eigenvalue weighted by Crippen LogP contribution is -2.19. The van der Waals surface area contributed by atoms with Gasteiger partial charge in [-0.25, -0.2) is 0 Å².